The fraction of sp³-hybridized carbons (Fsp3) is 0.545. The number of carbonyl (C=O) groups excluding carboxylic acids is 1. The molecule has 0 aliphatic carbocycles. The number of carbonyl (C=O) groups is 1. The summed E-state index contributed by atoms with van der Waals surface area (Å²) in [5, 5.41) is 0. The molecule has 2 aromatic rings. The van der Waals surface area contributed by atoms with Crippen LogP contribution in [0, 0.1) is 5.92 Å². The van der Waals surface area contributed by atoms with E-state index in [1.54, 1.807) is 6.26 Å². The van der Waals surface area contributed by atoms with Gasteiger partial charge in [0.05, 0.1) is 5.69 Å². The van der Waals surface area contributed by atoms with Crippen LogP contribution < -0.4 is 0 Å². The first-order valence-electron chi connectivity index (χ1n) is 10.3. The van der Waals surface area contributed by atoms with Crippen molar-refractivity contribution in [2.45, 2.75) is 45.1 Å². The second kappa shape index (κ2) is 8.70. The lowest BCUT2D eigenvalue weighted by atomic mass is 9.95. The molecule has 0 radical (unpaired) electrons. The average Bonchev–Trinajstić information content (AvgIpc) is 3.01. The minimum Gasteiger partial charge on any atom is -0.444 e. The number of nitrogens with zero attached hydrogens (tertiary/aromatic N) is 3. The van der Waals surface area contributed by atoms with E-state index in [1.165, 1.54) is 25.7 Å². The largest absolute Gasteiger partial charge is 0.444 e. The zero-order chi connectivity index (χ0) is 18.5. The van der Waals surface area contributed by atoms with Crippen LogP contribution in [-0.2, 0) is 11.3 Å². The van der Waals surface area contributed by atoms with E-state index in [0.717, 1.165) is 56.8 Å². The summed E-state index contributed by atoms with van der Waals surface area (Å²) in [4.78, 5) is 22.0. The predicted octanol–water partition coefficient (Wildman–Crippen LogP) is 3.96. The molecule has 5 nitrogen and oxygen atoms in total. The normalized spacial score (nSPS) is 19.8. The maximum absolute atomic E-state index is 12.8. The van der Waals surface area contributed by atoms with Crippen molar-refractivity contribution in [1.29, 1.82) is 0 Å². The van der Waals surface area contributed by atoms with Gasteiger partial charge in [0.25, 0.3) is 0 Å². The molecule has 0 unspecified atom stereocenters. The van der Waals surface area contributed by atoms with Gasteiger partial charge in [-0.3, -0.25) is 9.69 Å². The van der Waals surface area contributed by atoms with Gasteiger partial charge in [-0.2, -0.15) is 0 Å². The topological polar surface area (TPSA) is 49.6 Å². The molecule has 2 fully saturated rings. The number of piperidine rings is 1. The van der Waals surface area contributed by atoms with Gasteiger partial charge in [-0.1, -0.05) is 31.0 Å². The van der Waals surface area contributed by atoms with Crippen LogP contribution in [0.1, 0.15) is 44.2 Å². The van der Waals surface area contributed by atoms with Crippen molar-refractivity contribution < 1.29 is 9.21 Å². The number of rotatable bonds is 4. The van der Waals surface area contributed by atoms with Crippen molar-refractivity contribution in [3.8, 4) is 11.5 Å². The summed E-state index contributed by atoms with van der Waals surface area (Å²) in [6, 6.07) is 9.99. The van der Waals surface area contributed by atoms with Gasteiger partial charge in [-0.25, -0.2) is 4.98 Å². The van der Waals surface area contributed by atoms with Gasteiger partial charge in [-0.15, -0.1) is 0 Å². The number of hydrogen-bond donors (Lipinski definition) is 0. The van der Waals surface area contributed by atoms with Gasteiger partial charge in [0.1, 0.15) is 6.26 Å². The van der Waals surface area contributed by atoms with E-state index in [-0.39, 0.29) is 5.92 Å². The van der Waals surface area contributed by atoms with Crippen LogP contribution in [0.2, 0.25) is 0 Å². The van der Waals surface area contributed by atoms with Crippen LogP contribution in [0.25, 0.3) is 11.5 Å². The highest BCUT2D eigenvalue weighted by Gasteiger charge is 2.29. The van der Waals surface area contributed by atoms with E-state index in [0.29, 0.717) is 11.8 Å². The van der Waals surface area contributed by atoms with Gasteiger partial charge >= 0.3 is 0 Å². The Bertz CT molecular complexity index is 727. The third-order valence-corrected chi connectivity index (χ3v) is 5.81. The molecule has 0 atom stereocenters. The van der Waals surface area contributed by atoms with E-state index >= 15 is 0 Å². The van der Waals surface area contributed by atoms with Crippen molar-refractivity contribution in [2.75, 3.05) is 26.2 Å². The van der Waals surface area contributed by atoms with Crippen LogP contribution in [0.15, 0.2) is 41.0 Å². The maximum Gasteiger partial charge on any atom is 0.226 e. The van der Waals surface area contributed by atoms with Gasteiger partial charge in [0, 0.05) is 31.1 Å². The summed E-state index contributed by atoms with van der Waals surface area (Å²) in [7, 11) is 0. The molecule has 0 saturated carbocycles. The first-order valence-corrected chi connectivity index (χ1v) is 10.3. The zero-order valence-electron chi connectivity index (χ0n) is 16.0. The molecule has 2 aliphatic rings. The van der Waals surface area contributed by atoms with Crippen molar-refractivity contribution >= 4 is 5.91 Å². The average molecular weight is 367 g/mol. The number of hydrogen-bond acceptors (Lipinski definition) is 4. The molecule has 27 heavy (non-hydrogen) atoms. The van der Waals surface area contributed by atoms with E-state index in [2.05, 4.69) is 14.8 Å². The maximum atomic E-state index is 12.8. The van der Waals surface area contributed by atoms with Crippen molar-refractivity contribution in [2.24, 2.45) is 5.92 Å². The van der Waals surface area contributed by atoms with Crippen molar-refractivity contribution in [3.63, 3.8) is 0 Å². The quantitative estimate of drug-likeness (QED) is 0.821. The predicted molar refractivity (Wildman–Crippen MR) is 105 cm³/mol. The first-order chi connectivity index (χ1) is 13.3. The van der Waals surface area contributed by atoms with E-state index in [9.17, 15) is 4.79 Å². The van der Waals surface area contributed by atoms with Crippen LogP contribution in [0.5, 0.6) is 0 Å². The fourth-order valence-electron chi connectivity index (χ4n) is 4.21. The minimum atomic E-state index is 0.205. The molecule has 1 aromatic heterocycles. The number of oxazole rings is 1. The summed E-state index contributed by atoms with van der Waals surface area (Å²) in [5.74, 6) is 1.28. The van der Waals surface area contributed by atoms with Gasteiger partial charge < -0.3 is 9.32 Å². The van der Waals surface area contributed by atoms with Gasteiger partial charge in [0.2, 0.25) is 11.8 Å². The summed E-state index contributed by atoms with van der Waals surface area (Å²) >= 11 is 0. The molecule has 0 spiro atoms. The molecule has 5 heteroatoms. The summed E-state index contributed by atoms with van der Waals surface area (Å²) in [6.45, 7) is 4.62. The Morgan fingerprint density at radius 2 is 1.70 bits per heavy atom. The lowest BCUT2D eigenvalue weighted by molar-refractivity contribution is -0.137. The number of amides is 1. The Kier molecular flexibility index (Phi) is 5.87. The van der Waals surface area contributed by atoms with Gasteiger partial charge in [-0.05, 0) is 50.9 Å². The molecule has 2 aliphatic heterocycles. The third kappa shape index (κ3) is 4.59. The highest BCUT2D eigenvalue weighted by atomic mass is 16.3. The molecule has 144 valence electrons. The van der Waals surface area contributed by atoms with E-state index in [4.69, 9.17) is 4.42 Å². The monoisotopic (exact) mass is 367 g/mol. The lowest BCUT2D eigenvalue weighted by Gasteiger charge is -2.33. The Labute approximate surface area is 161 Å². The number of aromatic nitrogens is 1. The fourth-order valence-corrected chi connectivity index (χ4v) is 4.21. The summed E-state index contributed by atoms with van der Waals surface area (Å²) in [5.41, 5.74) is 1.97. The molecular weight excluding hydrogens is 338 g/mol. The molecule has 1 aromatic carbocycles. The Hall–Kier alpha value is -2.14. The molecule has 4 rings (SSSR count). The second-order valence-corrected chi connectivity index (χ2v) is 7.80. The summed E-state index contributed by atoms with van der Waals surface area (Å²) in [6.07, 6.45) is 8.55. The molecule has 3 heterocycles. The molecule has 1 amide bonds. The van der Waals surface area contributed by atoms with Crippen LogP contribution in [-0.4, -0.2) is 46.9 Å². The zero-order valence-corrected chi connectivity index (χ0v) is 16.0. The number of likely N-dealkylation sites (tertiary alicyclic amines) is 2. The SMILES string of the molecule is O=C(C1CCN(Cc2coc(-c3ccccc3)n2)CC1)N1CCCCCC1. The minimum absolute atomic E-state index is 0.205. The van der Waals surface area contributed by atoms with E-state index < -0.39 is 0 Å². The smallest absolute Gasteiger partial charge is 0.226 e. The van der Waals surface area contributed by atoms with Crippen LogP contribution in [0.3, 0.4) is 0 Å². The Morgan fingerprint density at radius 3 is 2.41 bits per heavy atom. The standard InChI is InChI=1S/C22H29N3O2/c26-22(25-12-6-1-2-7-13-25)19-10-14-24(15-11-19)16-20-17-27-21(23-20)18-8-4-3-5-9-18/h3-5,8-9,17,19H,1-2,6-7,10-16H2. The number of benzene rings is 1. The van der Waals surface area contributed by atoms with Crippen molar-refractivity contribution in [1.82, 2.24) is 14.8 Å². The molecule has 0 bridgehead atoms. The summed E-state index contributed by atoms with van der Waals surface area (Å²) < 4.78 is 5.64. The molecule has 0 N–H and O–H groups in total. The Balaban J connectivity index is 1.28. The Morgan fingerprint density at radius 1 is 1.00 bits per heavy atom. The molecular formula is C22H29N3O2. The lowest BCUT2D eigenvalue weighted by Crippen LogP contribution is -2.42. The van der Waals surface area contributed by atoms with Crippen molar-refractivity contribution in [3.05, 3.63) is 42.3 Å². The van der Waals surface area contributed by atoms with Gasteiger partial charge in [0.15, 0.2) is 0 Å². The van der Waals surface area contributed by atoms with E-state index in [1.807, 2.05) is 30.3 Å². The van der Waals surface area contributed by atoms with Crippen LogP contribution in [0.4, 0.5) is 0 Å². The highest BCUT2D eigenvalue weighted by molar-refractivity contribution is 5.79. The third-order valence-electron chi connectivity index (χ3n) is 5.81. The highest BCUT2D eigenvalue weighted by Crippen LogP contribution is 2.24. The van der Waals surface area contributed by atoms with Crippen LogP contribution >= 0.6 is 0 Å². The first kappa shape index (κ1) is 18.2. The second-order valence-electron chi connectivity index (χ2n) is 7.80. The molecule has 2 saturated heterocycles.